The lowest BCUT2D eigenvalue weighted by Gasteiger charge is -2.18. The van der Waals surface area contributed by atoms with E-state index in [-0.39, 0.29) is 31.1 Å². The van der Waals surface area contributed by atoms with Crippen molar-refractivity contribution in [2.75, 3.05) is 13.2 Å². The van der Waals surface area contributed by atoms with Gasteiger partial charge in [0.2, 0.25) is 0 Å². The Kier molecular flexibility index (Phi) is 54.3. The van der Waals surface area contributed by atoms with Gasteiger partial charge in [-0.3, -0.25) is 14.4 Å². The Morgan fingerprint density at radius 2 is 0.551 bits per heavy atom. The van der Waals surface area contributed by atoms with Crippen LogP contribution in [0.5, 0.6) is 0 Å². The van der Waals surface area contributed by atoms with Crippen molar-refractivity contribution in [2.24, 2.45) is 0 Å². The molecule has 1 unspecified atom stereocenters. The molecule has 0 fully saturated rings. The second-order valence-corrected chi connectivity index (χ2v) is 19.4. The molecular weight excluding hydrogens is 853 g/mol. The van der Waals surface area contributed by atoms with E-state index in [1.165, 1.54) is 135 Å². The molecule has 0 heterocycles. The summed E-state index contributed by atoms with van der Waals surface area (Å²) in [5, 5.41) is 0. The van der Waals surface area contributed by atoms with Crippen LogP contribution in [0.3, 0.4) is 0 Å². The molecule has 0 saturated heterocycles. The molecule has 0 amide bonds. The smallest absolute Gasteiger partial charge is 0.306 e. The Morgan fingerprint density at radius 1 is 0.290 bits per heavy atom. The van der Waals surface area contributed by atoms with Crippen LogP contribution >= 0.6 is 0 Å². The lowest BCUT2D eigenvalue weighted by Crippen LogP contribution is -2.30. The zero-order chi connectivity index (χ0) is 50.0. The summed E-state index contributed by atoms with van der Waals surface area (Å²) in [7, 11) is 0. The van der Waals surface area contributed by atoms with Gasteiger partial charge in [0.1, 0.15) is 13.2 Å². The third-order valence-electron chi connectivity index (χ3n) is 12.5. The van der Waals surface area contributed by atoms with Crippen LogP contribution in [0.4, 0.5) is 0 Å². The molecule has 0 rings (SSSR count). The summed E-state index contributed by atoms with van der Waals surface area (Å²) < 4.78 is 16.9. The van der Waals surface area contributed by atoms with Crippen LogP contribution in [0.25, 0.3) is 0 Å². The van der Waals surface area contributed by atoms with E-state index in [0.717, 1.165) is 103 Å². The number of carbonyl (C=O) groups excluding carboxylic acids is 3. The molecule has 0 spiro atoms. The predicted octanol–water partition coefficient (Wildman–Crippen LogP) is 19.5. The molecule has 0 N–H and O–H groups in total. The van der Waals surface area contributed by atoms with Gasteiger partial charge < -0.3 is 14.2 Å². The number of allylic oxidation sites excluding steroid dienone is 14. The topological polar surface area (TPSA) is 78.9 Å². The lowest BCUT2D eigenvalue weighted by molar-refractivity contribution is -0.167. The Labute approximate surface area is 426 Å². The van der Waals surface area contributed by atoms with E-state index in [9.17, 15) is 14.4 Å². The van der Waals surface area contributed by atoms with Gasteiger partial charge in [-0.2, -0.15) is 0 Å². The van der Waals surface area contributed by atoms with Crippen LogP contribution in [0, 0.1) is 0 Å². The van der Waals surface area contributed by atoms with Crippen LogP contribution in [-0.2, 0) is 28.6 Å². The van der Waals surface area contributed by atoms with Crippen molar-refractivity contribution in [3.63, 3.8) is 0 Å². The summed E-state index contributed by atoms with van der Waals surface area (Å²) in [6.07, 6.45) is 74.2. The number of esters is 3. The van der Waals surface area contributed by atoms with Crippen LogP contribution < -0.4 is 0 Å². The first-order valence-electron chi connectivity index (χ1n) is 29.2. The minimum absolute atomic E-state index is 0.0896. The second-order valence-electron chi connectivity index (χ2n) is 19.4. The first-order chi connectivity index (χ1) is 34.0. The Bertz CT molecular complexity index is 1330. The minimum atomic E-state index is -0.795. The normalized spacial score (nSPS) is 12.7. The standard InChI is InChI=1S/C63H108O6/c1-4-7-10-13-16-19-22-25-28-30-32-35-38-41-44-47-50-53-56-62(65)68-59-60(58-67-61(64)55-52-49-46-43-40-37-34-27-24-21-18-15-12-9-6-3)69-63(66)57-54-51-48-45-42-39-36-33-31-29-26-23-20-17-14-11-8-5-2/h10,13,16,19,22,25,28-33,35-36,60H,4-9,11-12,14-15,17-18,20-21,23-24,26-27,34,37-59H2,1-3H3/b13-10-,19-16-,25-22-,30-28-,31-29-,35-32-,36-33-. The highest BCUT2D eigenvalue weighted by atomic mass is 16.6. The molecule has 0 bridgehead atoms. The van der Waals surface area contributed by atoms with Crippen molar-refractivity contribution in [1.82, 2.24) is 0 Å². The second kappa shape index (κ2) is 57.2. The quantitative estimate of drug-likeness (QED) is 0.0262. The van der Waals surface area contributed by atoms with E-state index in [2.05, 4.69) is 81.5 Å². The average molecular weight is 962 g/mol. The Hall–Kier alpha value is -3.41. The molecule has 6 nitrogen and oxygen atoms in total. The van der Waals surface area contributed by atoms with E-state index in [0.29, 0.717) is 19.3 Å². The van der Waals surface area contributed by atoms with Crippen molar-refractivity contribution in [1.29, 1.82) is 0 Å². The number of rotatable bonds is 52. The molecule has 0 aliphatic carbocycles. The number of unbranched alkanes of at least 4 members (excludes halogenated alkanes) is 32. The number of hydrogen-bond donors (Lipinski definition) is 0. The third-order valence-corrected chi connectivity index (χ3v) is 12.5. The lowest BCUT2D eigenvalue weighted by atomic mass is 10.0. The van der Waals surface area contributed by atoms with E-state index in [1.807, 2.05) is 24.3 Å². The fraction of sp³-hybridized carbons (Fsp3) is 0.730. The molecule has 0 aliphatic rings. The average Bonchev–Trinajstić information content (AvgIpc) is 3.35. The molecule has 0 aliphatic heterocycles. The van der Waals surface area contributed by atoms with Crippen LogP contribution in [0.2, 0.25) is 0 Å². The summed E-state index contributed by atoms with van der Waals surface area (Å²) >= 11 is 0. The Balaban J connectivity index is 4.46. The van der Waals surface area contributed by atoms with Gasteiger partial charge in [-0.1, -0.05) is 279 Å². The third kappa shape index (κ3) is 55.4. The largest absolute Gasteiger partial charge is 0.462 e. The van der Waals surface area contributed by atoms with Gasteiger partial charge in [0.05, 0.1) is 0 Å². The van der Waals surface area contributed by atoms with E-state index in [1.54, 1.807) is 0 Å². The molecule has 0 saturated carbocycles. The first-order valence-corrected chi connectivity index (χ1v) is 29.2. The predicted molar refractivity (Wildman–Crippen MR) is 297 cm³/mol. The van der Waals surface area contributed by atoms with Crippen LogP contribution in [0.1, 0.15) is 278 Å². The van der Waals surface area contributed by atoms with E-state index < -0.39 is 6.10 Å². The van der Waals surface area contributed by atoms with Gasteiger partial charge in [0, 0.05) is 19.3 Å². The van der Waals surface area contributed by atoms with Crippen molar-refractivity contribution >= 4 is 17.9 Å². The minimum Gasteiger partial charge on any atom is -0.462 e. The SMILES string of the molecule is CCC\C=C/C=C\C=C/C=C\C=C/CCCCCCCC(=O)OCC(COC(=O)CCCCCCCCCCCCCCCCC)OC(=O)CCCCCCC/C=C\C=C/CCCCCCCCC. The van der Waals surface area contributed by atoms with Gasteiger partial charge in [-0.25, -0.2) is 0 Å². The van der Waals surface area contributed by atoms with Crippen molar-refractivity contribution in [3.8, 4) is 0 Å². The van der Waals surface area contributed by atoms with Crippen molar-refractivity contribution in [3.05, 3.63) is 85.1 Å². The van der Waals surface area contributed by atoms with Gasteiger partial charge in [-0.15, -0.1) is 0 Å². The number of carbonyl (C=O) groups is 3. The van der Waals surface area contributed by atoms with Gasteiger partial charge in [0.25, 0.3) is 0 Å². The molecular formula is C63H108O6. The molecule has 396 valence electrons. The van der Waals surface area contributed by atoms with Gasteiger partial charge >= 0.3 is 17.9 Å². The highest BCUT2D eigenvalue weighted by Gasteiger charge is 2.19. The number of ether oxygens (including phenoxy) is 3. The Morgan fingerprint density at radius 3 is 0.884 bits per heavy atom. The summed E-state index contributed by atoms with van der Waals surface area (Å²) in [6.45, 7) is 6.53. The molecule has 69 heavy (non-hydrogen) atoms. The monoisotopic (exact) mass is 961 g/mol. The van der Waals surface area contributed by atoms with E-state index >= 15 is 0 Å². The highest BCUT2D eigenvalue weighted by Crippen LogP contribution is 2.16. The molecule has 0 radical (unpaired) electrons. The number of hydrogen-bond acceptors (Lipinski definition) is 6. The maximum Gasteiger partial charge on any atom is 0.306 e. The van der Waals surface area contributed by atoms with Gasteiger partial charge in [-0.05, 0) is 64.2 Å². The molecule has 1 atom stereocenters. The highest BCUT2D eigenvalue weighted by molar-refractivity contribution is 5.71. The molecule has 6 heteroatoms. The van der Waals surface area contributed by atoms with Crippen molar-refractivity contribution in [2.45, 2.75) is 284 Å². The first kappa shape index (κ1) is 65.6. The summed E-state index contributed by atoms with van der Waals surface area (Å²) in [4.78, 5) is 38.2. The molecule has 0 aromatic heterocycles. The summed E-state index contributed by atoms with van der Waals surface area (Å²) in [5.74, 6) is -0.922. The van der Waals surface area contributed by atoms with Gasteiger partial charge in [0.15, 0.2) is 6.10 Å². The maximum atomic E-state index is 12.9. The summed E-state index contributed by atoms with van der Waals surface area (Å²) in [5.41, 5.74) is 0. The van der Waals surface area contributed by atoms with Crippen LogP contribution in [-0.4, -0.2) is 37.2 Å². The van der Waals surface area contributed by atoms with E-state index in [4.69, 9.17) is 14.2 Å². The zero-order valence-electron chi connectivity index (χ0n) is 45.3. The summed E-state index contributed by atoms with van der Waals surface area (Å²) in [6, 6.07) is 0. The van der Waals surface area contributed by atoms with Crippen LogP contribution in [0.15, 0.2) is 85.1 Å². The zero-order valence-corrected chi connectivity index (χ0v) is 45.3. The molecule has 0 aromatic rings. The van der Waals surface area contributed by atoms with Crippen molar-refractivity contribution < 1.29 is 28.6 Å². The fourth-order valence-electron chi connectivity index (χ4n) is 8.11. The maximum absolute atomic E-state index is 12.9. The molecule has 0 aromatic carbocycles. The fourth-order valence-corrected chi connectivity index (χ4v) is 8.11.